The van der Waals surface area contributed by atoms with Crippen molar-refractivity contribution >= 4 is 17.7 Å². The van der Waals surface area contributed by atoms with E-state index in [4.69, 9.17) is 47.4 Å². The first-order valence-corrected chi connectivity index (χ1v) is 41.1. The number of rotatable bonds is 56. The molecule has 0 radical (unpaired) electrons. The van der Waals surface area contributed by atoms with Crippen LogP contribution >= 0.6 is 0 Å². The molecule has 31 nitrogen and oxygen atoms in total. The molecular formula is C78H141N3O28. The van der Waals surface area contributed by atoms with Gasteiger partial charge < -0.3 is 140 Å². The van der Waals surface area contributed by atoms with Crippen LogP contribution in [0, 0.1) is 0 Å². The highest BCUT2D eigenvalue weighted by Crippen LogP contribution is 2.37. The number of ether oxygens (including phenoxy) is 10. The summed E-state index contributed by atoms with van der Waals surface area (Å²) in [5, 5.41) is 175. The van der Waals surface area contributed by atoms with Gasteiger partial charge in [0.1, 0.15) is 122 Å². The lowest BCUT2D eigenvalue weighted by Gasteiger charge is -2.50. The van der Waals surface area contributed by atoms with Crippen LogP contribution < -0.4 is 16.0 Å². The van der Waals surface area contributed by atoms with Gasteiger partial charge >= 0.3 is 0 Å². The van der Waals surface area contributed by atoms with Crippen molar-refractivity contribution in [2.75, 3.05) is 39.6 Å². The van der Waals surface area contributed by atoms with Crippen molar-refractivity contribution in [3.05, 3.63) is 24.3 Å². The normalized spacial score (nSPS) is 33.7. The summed E-state index contributed by atoms with van der Waals surface area (Å²) in [5.74, 6) is -1.92. The van der Waals surface area contributed by atoms with Crippen LogP contribution in [0.5, 0.6) is 0 Å². The Hall–Kier alpha value is -3.11. The largest absolute Gasteiger partial charge is 0.394 e. The lowest BCUT2D eigenvalue weighted by Crippen LogP contribution is -2.70. The van der Waals surface area contributed by atoms with Gasteiger partial charge in [0.2, 0.25) is 17.7 Å². The summed E-state index contributed by atoms with van der Waals surface area (Å²) >= 11 is 0. The van der Waals surface area contributed by atoms with Gasteiger partial charge in [-0.2, -0.15) is 0 Å². The van der Waals surface area contributed by atoms with Crippen molar-refractivity contribution in [2.24, 2.45) is 0 Å². The van der Waals surface area contributed by atoms with Gasteiger partial charge in [0.25, 0.3) is 0 Å². The molecule has 5 heterocycles. The predicted octanol–water partition coefficient (Wildman–Crippen LogP) is 2.65. The zero-order valence-electron chi connectivity index (χ0n) is 65.2. The molecule has 0 aliphatic carbocycles. The second kappa shape index (κ2) is 54.7. The maximum Gasteiger partial charge on any atom is 0.220 e. The molecular weight excluding hydrogens is 1430 g/mol. The highest BCUT2D eigenvalue weighted by Gasteiger charge is 2.58. The van der Waals surface area contributed by atoms with Crippen molar-refractivity contribution in [3.8, 4) is 0 Å². The molecule has 636 valence electrons. The van der Waals surface area contributed by atoms with Crippen molar-refractivity contribution in [3.63, 3.8) is 0 Å². The Labute approximate surface area is 645 Å². The van der Waals surface area contributed by atoms with Gasteiger partial charge in [-0.3, -0.25) is 14.4 Å². The number of carbonyl (C=O) groups is 3. The molecule has 27 atom stereocenters. The Kier molecular flexibility index (Phi) is 48.4. The van der Waals surface area contributed by atoms with Crippen LogP contribution in [0.15, 0.2) is 24.3 Å². The van der Waals surface area contributed by atoms with E-state index >= 15 is 0 Å². The third kappa shape index (κ3) is 32.8. The van der Waals surface area contributed by atoms with E-state index in [9.17, 15) is 91.0 Å². The smallest absolute Gasteiger partial charge is 0.220 e. The minimum absolute atomic E-state index is 0.184. The number of aliphatic hydroxyl groups excluding tert-OH is 15. The average molecular weight is 1570 g/mol. The van der Waals surface area contributed by atoms with E-state index in [1.54, 1.807) is 6.08 Å². The second-order valence-corrected chi connectivity index (χ2v) is 30.3. The molecule has 10 unspecified atom stereocenters. The number of hydrogen-bond acceptors (Lipinski definition) is 28. The van der Waals surface area contributed by atoms with Crippen LogP contribution in [-0.2, 0) is 61.8 Å². The summed E-state index contributed by atoms with van der Waals surface area (Å²) in [6.07, 6.45) is 2.46. The maximum absolute atomic E-state index is 13.6. The summed E-state index contributed by atoms with van der Waals surface area (Å²) in [7, 11) is 0. The molecule has 5 aliphatic heterocycles. The van der Waals surface area contributed by atoms with Crippen molar-refractivity contribution in [1.82, 2.24) is 16.0 Å². The van der Waals surface area contributed by atoms with E-state index in [2.05, 4.69) is 41.9 Å². The molecule has 3 amide bonds. The molecule has 5 saturated heterocycles. The summed E-state index contributed by atoms with van der Waals surface area (Å²) < 4.78 is 59.3. The van der Waals surface area contributed by atoms with Crippen LogP contribution in [0.4, 0.5) is 0 Å². The molecule has 0 saturated carbocycles. The van der Waals surface area contributed by atoms with E-state index in [1.807, 2.05) is 6.08 Å². The molecule has 5 aliphatic rings. The lowest BCUT2D eigenvalue weighted by molar-refractivity contribution is -0.384. The first-order valence-electron chi connectivity index (χ1n) is 41.1. The van der Waals surface area contributed by atoms with E-state index in [-0.39, 0.29) is 12.3 Å². The van der Waals surface area contributed by atoms with E-state index in [0.29, 0.717) is 12.8 Å². The quantitative estimate of drug-likeness (QED) is 0.0307. The van der Waals surface area contributed by atoms with Crippen LogP contribution in [-0.4, -0.2) is 300 Å². The molecule has 0 aromatic carbocycles. The Bertz CT molecular complexity index is 2460. The van der Waals surface area contributed by atoms with E-state index < -0.39 is 217 Å². The summed E-state index contributed by atoms with van der Waals surface area (Å²) in [4.78, 5) is 38.8. The Balaban J connectivity index is 1.19. The van der Waals surface area contributed by atoms with Gasteiger partial charge in [-0.25, -0.2) is 0 Å². The fourth-order valence-corrected chi connectivity index (χ4v) is 14.7. The minimum atomic E-state index is -2.19. The molecule has 0 bridgehead atoms. The molecule has 5 fully saturated rings. The molecule has 0 aromatic rings. The molecule has 109 heavy (non-hydrogen) atoms. The minimum Gasteiger partial charge on any atom is -0.394 e. The Morgan fingerprint density at radius 2 is 0.697 bits per heavy atom. The van der Waals surface area contributed by atoms with Crippen LogP contribution in [0.2, 0.25) is 0 Å². The van der Waals surface area contributed by atoms with Gasteiger partial charge in [0.15, 0.2) is 31.5 Å². The third-order valence-electron chi connectivity index (χ3n) is 21.3. The Morgan fingerprint density at radius 3 is 1.12 bits per heavy atom. The highest BCUT2D eigenvalue weighted by molar-refractivity contribution is 5.76. The average Bonchev–Trinajstić information content (AvgIpc) is 0.772. The Morgan fingerprint density at radius 1 is 0.358 bits per heavy atom. The predicted molar refractivity (Wildman–Crippen MR) is 398 cm³/mol. The van der Waals surface area contributed by atoms with E-state index in [1.165, 1.54) is 148 Å². The number of carbonyl (C=O) groups excluding carboxylic acids is 3. The van der Waals surface area contributed by atoms with Crippen LogP contribution in [0.1, 0.15) is 246 Å². The van der Waals surface area contributed by atoms with Crippen molar-refractivity contribution < 1.29 is 138 Å². The fourth-order valence-electron chi connectivity index (χ4n) is 14.7. The number of aliphatic hydroxyl groups is 15. The van der Waals surface area contributed by atoms with Crippen LogP contribution in [0.3, 0.4) is 0 Å². The number of nitrogens with one attached hydrogen (secondary N) is 3. The zero-order valence-corrected chi connectivity index (χ0v) is 65.2. The SMILES string of the molecule is CCCCCCCC/C=C\CCCCCCCCCCCCCCCC(=O)N[C@@H](CO[C@@H]1OC(CO)[C@@H](O[C@@H]2OC(CO)[C@H](O)[C@H](O[C@@H]3OC(CO)[C@@H](O)[C@H](O[C@@H]4OC(CO)[C@H](O)[C@H](O[C@@H]5OC(CO)[C@@H](O)[C@H](O)C5NC(C)=O)C4O)C3NC(C)=O)C2O)[C@H](O)C1O)[C@H](O)/C=C/CCCCCCCCCCCCC. The topological polar surface area (TPSA) is 483 Å². The van der Waals surface area contributed by atoms with Crippen molar-refractivity contribution in [2.45, 2.75) is 412 Å². The van der Waals surface area contributed by atoms with Gasteiger partial charge in [-0.05, 0) is 44.9 Å². The van der Waals surface area contributed by atoms with Gasteiger partial charge in [0, 0.05) is 20.3 Å². The van der Waals surface area contributed by atoms with Gasteiger partial charge in [-0.1, -0.05) is 205 Å². The maximum atomic E-state index is 13.6. The summed E-state index contributed by atoms with van der Waals surface area (Å²) in [5.41, 5.74) is 0. The first-order chi connectivity index (χ1) is 52.6. The number of hydrogen-bond donors (Lipinski definition) is 18. The van der Waals surface area contributed by atoms with Crippen molar-refractivity contribution in [1.29, 1.82) is 0 Å². The summed E-state index contributed by atoms with van der Waals surface area (Å²) in [6.45, 7) is 1.34. The molecule has 0 spiro atoms. The first kappa shape index (κ1) is 96.5. The van der Waals surface area contributed by atoms with Gasteiger partial charge in [0.05, 0.1) is 51.8 Å². The summed E-state index contributed by atoms with van der Waals surface area (Å²) in [6, 6.07) is -4.44. The number of amides is 3. The fraction of sp³-hybridized carbons (Fsp3) is 0.910. The standard InChI is InChI=1S/C78H141N3O28/c1-5-7-9-11-13-15-17-19-20-21-22-23-24-25-26-27-28-30-32-34-36-38-40-42-58(90)81-51(52(89)41-39-37-35-33-31-29-18-16-14-12-10-8-6-2)48-100-76-67(97)66(96)70(57(47-86)105-76)106-77-68(98)73(64(94)55(45-84)103-77)109-75-60(80-50(4)88)71(62(92)54(44-83)102-75)107-78-69(99)72(63(93)56(46-85)104-78)108-74-59(79-49(3)87)65(95)61(91)53(43-82)101-74/h19-20,39,41,51-57,59-78,82-86,89,91-99H,5-18,21-38,40,42-48H2,1-4H3,(H,79,87)(H,80,88)(H,81,90)/b20-19-,41-39+/t51-,52+,53?,54?,55?,56?,57?,59?,60?,61+,62+,63-,64-,65+,66+,67?,68?,69?,70+,71+,72-,73-,74-,75-,76+,77-,78-/m0/s1. The second-order valence-electron chi connectivity index (χ2n) is 30.3. The molecule has 5 rings (SSSR count). The molecule has 18 N–H and O–H groups in total. The highest BCUT2D eigenvalue weighted by atomic mass is 16.8. The molecule has 31 heteroatoms. The number of allylic oxidation sites excluding steroid dienone is 3. The van der Waals surface area contributed by atoms with Gasteiger partial charge in [-0.15, -0.1) is 0 Å². The number of unbranched alkanes of at least 4 members (excludes halogenated alkanes) is 30. The third-order valence-corrected chi connectivity index (χ3v) is 21.3. The lowest BCUT2D eigenvalue weighted by atomic mass is 9.94. The van der Waals surface area contributed by atoms with Crippen LogP contribution in [0.25, 0.3) is 0 Å². The van der Waals surface area contributed by atoms with E-state index in [0.717, 1.165) is 65.2 Å². The molecule has 0 aromatic heterocycles. The monoisotopic (exact) mass is 1570 g/mol. The zero-order chi connectivity index (χ0) is 79.6.